The Morgan fingerprint density at radius 1 is 1.15 bits per heavy atom. The Kier molecular flexibility index (Phi) is 3.38. The summed E-state index contributed by atoms with van der Waals surface area (Å²) in [6, 6.07) is 7.74. The topological polar surface area (TPSA) is 56.9 Å². The Hall–Kier alpha value is -2.17. The summed E-state index contributed by atoms with van der Waals surface area (Å²) in [5, 5.41) is 3.97. The number of rotatable bonds is 1. The van der Waals surface area contributed by atoms with Crippen LogP contribution in [0.15, 0.2) is 29.1 Å². The van der Waals surface area contributed by atoms with Crippen molar-refractivity contribution in [2.24, 2.45) is 0 Å². The van der Waals surface area contributed by atoms with Crippen molar-refractivity contribution in [1.82, 2.24) is 14.3 Å². The minimum absolute atomic E-state index is 0.0576. The summed E-state index contributed by atoms with van der Waals surface area (Å²) in [7, 11) is 0. The van der Waals surface area contributed by atoms with E-state index in [2.05, 4.69) is 25.9 Å². The lowest BCUT2D eigenvalue weighted by Gasteiger charge is -2.19. The van der Waals surface area contributed by atoms with Gasteiger partial charge in [0.1, 0.15) is 5.82 Å². The third-order valence-electron chi connectivity index (χ3n) is 3.23. The van der Waals surface area contributed by atoms with Crippen LogP contribution in [-0.4, -0.2) is 20.3 Å². The van der Waals surface area contributed by atoms with Crippen LogP contribution in [0.5, 0.6) is 0 Å². The van der Waals surface area contributed by atoms with Gasteiger partial charge >= 0.3 is 5.69 Å². The molecule has 0 fully saturated rings. The predicted octanol–water partition coefficient (Wildman–Crippen LogP) is 2.30. The molecule has 0 atom stereocenters. The summed E-state index contributed by atoms with van der Waals surface area (Å²) in [5.41, 5.74) is 1.53. The molecule has 0 bridgehead atoms. The monoisotopic (exact) mass is 273 g/mol. The van der Waals surface area contributed by atoms with Crippen LogP contribution < -0.4 is 5.69 Å². The summed E-state index contributed by atoms with van der Waals surface area (Å²) >= 11 is 0. The smallest absolute Gasteiger partial charge is 0.273 e. The minimum Gasteiger partial charge on any atom is -0.273 e. The molecule has 0 unspecified atom stereocenters. The Labute approximate surface area is 117 Å². The van der Waals surface area contributed by atoms with Crippen LogP contribution in [0, 0.1) is 6.92 Å². The molecular weight excluding hydrogens is 254 g/mol. The van der Waals surface area contributed by atoms with Gasteiger partial charge in [-0.3, -0.25) is 4.79 Å². The highest BCUT2D eigenvalue weighted by Crippen LogP contribution is 2.23. The number of nitrogens with zero attached hydrogens (tertiary/aromatic N) is 3. The summed E-state index contributed by atoms with van der Waals surface area (Å²) in [6.07, 6.45) is 0. The molecule has 5 heteroatoms. The molecule has 1 aromatic carbocycles. The van der Waals surface area contributed by atoms with Gasteiger partial charge in [-0.1, -0.05) is 32.9 Å². The third kappa shape index (κ3) is 2.43. The van der Waals surface area contributed by atoms with Crippen LogP contribution in [0.4, 0.5) is 0 Å². The molecule has 1 aromatic heterocycles. The lowest BCUT2D eigenvalue weighted by molar-refractivity contribution is 0.0916. The van der Waals surface area contributed by atoms with E-state index in [1.165, 1.54) is 17.1 Å². The number of hydrogen-bond donors (Lipinski definition) is 0. The molecule has 5 nitrogen and oxygen atoms in total. The summed E-state index contributed by atoms with van der Waals surface area (Å²) in [6.45, 7) is 9.42. The van der Waals surface area contributed by atoms with E-state index in [0.29, 0.717) is 11.5 Å². The van der Waals surface area contributed by atoms with Gasteiger partial charge in [0.25, 0.3) is 0 Å². The highest BCUT2D eigenvalue weighted by molar-refractivity contribution is 5.74. The maximum Gasteiger partial charge on any atom is 0.357 e. The van der Waals surface area contributed by atoms with Crippen molar-refractivity contribution in [3.05, 3.63) is 46.1 Å². The summed E-state index contributed by atoms with van der Waals surface area (Å²) in [4.78, 5) is 23.5. The number of carbonyl (C=O) groups excluding carboxylic acids is 1. The number of carbonyl (C=O) groups is 1. The zero-order valence-corrected chi connectivity index (χ0v) is 12.5. The van der Waals surface area contributed by atoms with Crippen LogP contribution >= 0.6 is 0 Å². The molecule has 0 N–H and O–H groups in total. The lowest BCUT2D eigenvalue weighted by Crippen LogP contribution is -2.27. The van der Waals surface area contributed by atoms with Crippen molar-refractivity contribution >= 4 is 5.91 Å². The first-order valence-corrected chi connectivity index (χ1v) is 6.52. The SMILES string of the molecule is CC(=O)n1nc(C)n(-c2ccc(C(C)(C)C)cc2)c1=O. The Balaban J connectivity index is 2.53. The normalized spacial score (nSPS) is 11.7. The van der Waals surface area contributed by atoms with Crippen molar-refractivity contribution in [3.8, 4) is 5.69 Å². The molecule has 0 spiro atoms. The molecular formula is C15H19N3O2. The first-order chi connectivity index (χ1) is 9.21. The number of hydrogen-bond acceptors (Lipinski definition) is 3. The lowest BCUT2D eigenvalue weighted by atomic mass is 9.87. The molecule has 0 aliphatic carbocycles. The number of benzene rings is 1. The van der Waals surface area contributed by atoms with Crippen LogP contribution in [-0.2, 0) is 5.41 Å². The Morgan fingerprint density at radius 3 is 2.10 bits per heavy atom. The molecule has 0 radical (unpaired) electrons. The number of aryl methyl sites for hydroxylation is 1. The largest absolute Gasteiger partial charge is 0.357 e. The maximum atomic E-state index is 12.2. The van der Waals surface area contributed by atoms with Gasteiger partial charge in [0, 0.05) is 6.92 Å². The average Bonchev–Trinajstić information content (AvgIpc) is 2.64. The zero-order chi connectivity index (χ0) is 15.1. The van der Waals surface area contributed by atoms with E-state index >= 15 is 0 Å². The Morgan fingerprint density at radius 2 is 1.70 bits per heavy atom. The highest BCUT2D eigenvalue weighted by Gasteiger charge is 2.16. The summed E-state index contributed by atoms with van der Waals surface area (Å²) in [5.74, 6) is 0.108. The van der Waals surface area contributed by atoms with Gasteiger partial charge in [0.15, 0.2) is 0 Å². The molecule has 20 heavy (non-hydrogen) atoms. The van der Waals surface area contributed by atoms with Crippen LogP contribution in [0.1, 0.15) is 43.9 Å². The van der Waals surface area contributed by atoms with Crippen molar-refractivity contribution < 1.29 is 4.79 Å². The minimum atomic E-state index is -0.432. The quantitative estimate of drug-likeness (QED) is 0.801. The fourth-order valence-electron chi connectivity index (χ4n) is 2.08. The molecule has 0 saturated carbocycles. The van der Waals surface area contributed by atoms with Crippen LogP contribution in [0.25, 0.3) is 5.69 Å². The molecule has 0 amide bonds. The predicted molar refractivity (Wildman–Crippen MR) is 77.6 cm³/mol. The van der Waals surface area contributed by atoms with Crippen molar-refractivity contribution in [1.29, 1.82) is 0 Å². The van der Waals surface area contributed by atoms with Crippen LogP contribution in [0.3, 0.4) is 0 Å². The second-order valence-corrected chi connectivity index (χ2v) is 5.89. The summed E-state index contributed by atoms with van der Waals surface area (Å²) < 4.78 is 2.32. The first-order valence-electron chi connectivity index (χ1n) is 6.52. The second kappa shape index (κ2) is 4.74. The van der Waals surface area contributed by atoms with Crippen molar-refractivity contribution in [2.45, 2.75) is 40.0 Å². The van der Waals surface area contributed by atoms with Gasteiger partial charge in [-0.25, -0.2) is 9.36 Å². The van der Waals surface area contributed by atoms with E-state index in [9.17, 15) is 9.59 Å². The van der Waals surface area contributed by atoms with Crippen LogP contribution in [0.2, 0.25) is 0 Å². The first kappa shape index (κ1) is 14.2. The molecule has 2 aromatic rings. The zero-order valence-electron chi connectivity index (χ0n) is 12.5. The number of aromatic nitrogens is 3. The molecule has 106 valence electrons. The standard InChI is InChI=1S/C15H19N3O2/c1-10-16-18(11(2)19)14(20)17(10)13-8-6-12(7-9-13)15(3,4)5/h6-9H,1-5H3. The van der Waals surface area contributed by atoms with Gasteiger partial charge in [-0.15, -0.1) is 9.78 Å². The average molecular weight is 273 g/mol. The van der Waals surface area contributed by atoms with E-state index in [-0.39, 0.29) is 11.3 Å². The van der Waals surface area contributed by atoms with Gasteiger partial charge in [0.2, 0.25) is 5.91 Å². The second-order valence-electron chi connectivity index (χ2n) is 5.89. The van der Waals surface area contributed by atoms with Gasteiger partial charge in [-0.05, 0) is 30.0 Å². The maximum absolute atomic E-state index is 12.2. The van der Waals surface area contributed by atoms with Gasteiger partial charge < -0.3 is 0 Å². The molecule has 1 heterocycles. The molecule has 0 saturated heterocycles. The van der Waals surface area contributed by atoms with Crippen molar-refractivity contribution in [2.75, 3.05) is 0 Å². The molecule has 0 aliphatic heterocycles. The van der Waals surface area contributed by atoms with Crippen molar-refractivity contribution in [3.63, 3.8) is 0 Å². The van der Waals surface area contributed by atoms with Gasteiger partial charge in [-0.2, -0.15) is 0 Å². The third-order valence-corrected chi connectivity index (χ3v) is 3.23. The van der Waals surface area contributed by atoms with E-state index in [0.717, 1.165) is 4.68 Å². The van der Waals surface area contributed by atoms with E-state index in [4.69, 9.17) is 0 Å². The highest BCUT2D eigenvalue weighted by atomic mass is 16.2. The van der Waals surface area contributed by atoms with E-state index in [1.54, 1.807) is 6.92 Å². The van der Waals surface area contributed by atoms with E-state index < -0.39 is 5.69 Å². The van der Waals surface area contributed by atoms with E-state index in [1.807, 2.05) is 24.3 Å². The molecule has 0 aliphatic rings. The molecule has 2 rings (SSSR count). The fraction of sp³-hybridized carbons (Fsp3) is 0.400. The Bertz CT molecular complexity index is 700. The van der Waals surface area contributed by atoms with Gasteiger partial charge in [0.05, 0.1) is 5.69 Å². The fourth-order valence-corrected chi connectivity index (χ4v) is 2.08.